The first kappa shape index (κ1) is 24.3. The Kier molecular flexibility index (Phi) is 6.55. The average molecular weight is 561 g/mol. The molecule has 3 heterocycles. The van der Waals surface area contributed by atoms with Gasteiger partial charge in [-0.25, -0.2) is 4.98 Å². The standard InChI is InChI=1S/C28H21ClN4OS3/c29-17-5-3-6-18(12-17)33-21-8-4-9-22(34)26(21)25(19(13-30)27(33)31)24-11-16(14-35-24)15-36-28-32-20-7-1-2-10-23(20)37-28/h1-3,5-7,10-12,14,25H,4,8-9,15,31H2. The summed E-state index contributed by atoms with van der Waals surface area (Å²) in [7, 11) is 0. The SMILES string of the molecule is N#CC1=C(N)N(c2cccc(Cl)c2)C2=C(C(=O)CCC2)C1c1cc(CSc2nc3ccccc3s2)cs1. The van der Waals surface area contributed by atoms with E-state index in [9.17, 15) is 10.1 Å². The minimum Gasteiger partial charge on any atom is -0.384 e. The summed E-state index contributed by atoms with van der Waals surface area (Å²) in [5, 5.41) is 12.9. The number of hydrogen-bond donors (Lipinski definition) is 1. The van der Waals surface area contributed by atoms with E-state index in [1.165, 1.54) is 4.70 Å². The second-order valence-corrected chi connectivity index (χ2v) is 12.5. The van der Waals surface area contributed by atoms with Crippen LogP contribution in [0.25, 0.3) is 10.2 Å². The van der Waals surface area contributed by atoms with Gasteiger partial charge in [0.2, 0.25) is 0 Å². The van der Waals surface area contributed by atoms with E-state index in [-0.39, 0.29) is 5.78 Å². The highest BCUT2D eigenvalue weighted by Gasteiger charge is 2.40. The average Bonchev–Trinajstić information content (AvgIpc) is 3.53. The molecule has 5 nitrogen and oxygen atoms in total. The molecular weight excluding hydrogens is 540 g/mol. The highest BCUT2D eigenvalue weighted by Crippen LogP contribution is 2.48. The zero-order chi connectivity index (χ0) is 25.5. The number of hydrogen-bond acceptors (Lipinski definition) is 8. The molecule has 1 aliphatic carbocycles. The maximum atomic E-state index is 13.3. The van der Waals surface area contributed by atoms with Gasteiger partial charge in [0, 0.05) is 39.0 Å². The number of thioether (sulfide) groups is 1. The van der Waals surface area contributed by atoms with Crippen LogP contribution in [0.4, 0.5) is 5.69 Å². The Bertz CT molecular complexity index is 1610. The van der Waals surface area contributed by atoms with E-state index in [0.717, 1.165) is 50.3 Å². The molecule has 1 atom stereocenters. The van der Waals surface area contributed by atoms with Crippen LogP contribution in [0.3, 0.4) is 0 Å². The number of carbonyl (C=O) groups is 1. The summed E-state index contributed by atoms with van der Waals surface area (Å²) >= 11 is 11.2. The zero-order valence-corrected chi connectivity index (χ0v) is 22.8. The summed E-state index contributed by atoms with van der Waals surface area (Å²) in [6, 6.07) is 20.0. The van der Waals surface area contributed by atoms with Crippen LogP contribution in [0, 0.1) is 11.3 Å². The number of nitrogens with two attached hydrogens (primary N) is 1. The van der Waals surface area contributed by atoms with Crippen molar-refractivity contribution in [3.63, 3.8) is 0 Å². The molecule has 0 bridgehead atoms. The Labute approximate surface area is 231 Å². The molecule has 2 aromatic heterocycles. The molecule has 2 aromatic carbocycles. The van der Waals surface area contributed by atoms with Gasteiger partial charge >= 0.3 is 0 Å². The monoisotopic (exact) mass is 560 g/mol. The first-order chi connectivity index (χ1) is 18.0. The summed E-state index contributed by atoms with van der Waals surface area (Å²) in [6.07, 6.45) is 1.95. The lowest BCUT2D eigenvalue weighted by atomic mass is 9.78. The van der Waals surface area contributed by atoms with E-state index >= 15 is 0 Å². The van der Waals surface area contributed by atoms with Gasteiger partial charge in [-0.05, 0) is 60.2 Å². The van der Waals surface area contributed by atoms with Crippen molar-refractivity contribution < 1.29 is 4.79 Å². The van der Waals surface area contributed by atoms with Gasteiger partial charge in [0.1, 0.15) is 5.82 Å². The third-order valence-electron chi connectivity index (χ3n) is 6.57. The molecular formula is C28H21ClN4OS3. The van der Waals surface area contributed by atoms with Gasteiger partial charge in [-0.1, -0.05) is 41.6 Å². The minimum absolute atomic E-state index is 0.0809. The topological polar surface area (TPSA) is 83.0 Å². The molecule has 0 saturated carbocycles. The van der Waals surface area contributed by atoms with E-state index in [0.29, 0.717) is 28.4 Å². The second-order valence-electron chi connectivity index (χ2n) is 8.89. The molecule has 0 amide bonds. The lowest BCUT2D eigenvalue weighted by molar-refractivity contribution is -0.116. The van der Waals surface area contributed by atoms with Crippen LogP contribution in [-0.2, 0) is 10.5 Å². The van der Waals surface area contributed by atoms with Crippen LogP contribution in [0.2, 0.25) is 5.02 Å². The number of fused-ring (bicyclic) bond motifs is 1. The lowest BCUT2D eigenvalue weighted by Crippen LogP contribution is -2.38. The molecule has 1 aliphatic heterocycles. The first-order valence-electron chi connectivity index (χ1n) is 11.8. The summed E-state index contributed by atoms with van der Waals surface area (Å²) in [5.41, 5.74) is 11.5. The minimum atomic E-state index is -0.450. The normalized spacial score (nSPS) is 17.9. The molecule has 0 saturated heterocycles. The van der Waals surface area contributed by atoms with Gasteiger partial charge in [0.05, 0.1) is 27.8 Å². The number of benzene rings is 2. The number of ketones is 1. The molecule has 184 valence electrons. The third kappa shape index (κ3) is 4.47. The lowest BCUT2D eigenvalue weighted by Gasteiger charge is -2.39. The number of Topliss-reactive ketones (excluding diaryl/α,β-unsaturated/α-hetero) is 1. The van der Waals surface area contributed by atoms with Gasteiger partial charge in [-0.3, -0.25) is 9.69 Å². The van der Waals surface area contributed by atoms with Crippen molar-refractivity contribution in [2.45, 2.75) is 35.3 Å². The van der Waals surface area contributed by atoms with Crippen LogP contribution in [0.5, 0.6) is 0 Å². The van der Waals surface area contributed by atoms with E-state index < -0.39 is 5.92 Å². The number of thiophene rings is 1. The molecule has 0 fully saturated rings. The van der Waals surface area contributed by atoms with Crippen LogP contribution in [0.1, 0.15) is 35.6 Å². The number of rotatable bonds is 5. The molecule has 1 unspecified atom stereocenters. The highest BCUT2D eigenvalue weighted by atomic mass is 35.5. The van der Waals surface area contributed by atoms with Gasteiger partial charge in [-0.2, -0.15) is 5.26 Å². The molecule has 0 spiro atoms. The first-order valence-corrected chi connectivity index (χ1v) is 14.9. The van der Waals surface area contributed by atoms with Crippen molar-refractivity contribution in [2.24, 2.45) is 5.73 Å². The number of para-hydroxylation sites is 1. The fourth-order valence-electron chi connectivity index (χ4n) is 4.96. The molecule has 2 N–H and O–H groups in total. The van der Waals surface area contributed by atoms with Crippen molar-refractivity contribution in [1.29, 1.82) is 5.26 Å². The van der Waals surface area contributed by atoms with Crippen molar-refractivity contribution in [1.82, 2.24) is 4.98 Å². The van der Waals surface area contributed by atoms with E-state index in [1.807, 2.05) is 41.3 Å². The summed E-state index contributed by atoms with van der Waals surface area (Å²) < 4.78 is 2.20. The molecule has 9 heteroatoms. The van der Waals surface area contributed by atoms with Crippen molar-refractivity contribution in [3.05, 3.63) is 98.1 Å². The summed E-state index contributed by atoms with van der Waals surface area (Å²) in [4.78, 5) is 20.9. The van der Waals surface area contributed by atoms with Crippen LogP contribution < -0.4 is 10.6 Å². The van der Waals surface area contributed by atoms with E-state index in [2.05, 4.69) is 23.6 Å². The van der Waals surface area contributed by atoms with Crippen LogP contribution >= 0.6 is 46.0 Å². The van der Waals surface area contributed by atoms with E-state index in [1.54, 1.807) is 40.5 Å². The largest absolute Gasteiger partial charge is 0.384 e. The molecule has 6 rings (SSSR count). The Morgan fingerprint density at radius 3 is 2.86 bits per heavy atom. The second kappa shape index (κ2) is 9.99. The van der Waals surface area contributed by atoms with Crippen LogP contribution in [-0.4, -0.2) is 10.8 Å². The number of nitriles is 1. The number of anilines is 1. The fourth-order valence-corrected chi connectivity index (χ4v) is 8.28. The molecule has 4 aromatic rings. The number of thiazole rings is 1. The number of allylic oxidation sites excluding steroid dienone is 3. The van der Waals surface area contributed by atoms with Gasteiger partial charge in [0.25, 0.3) is 0 Å². The third-order valence-corrected chi connectivity index (χ3v) is 10.1. The molecule has 2 aliphatic rings. The zero-order valence-electron chi connectivity index (χ0n) is 19.6. The maximum absolute atomic E-state index is 13.3. The van der Waals surface area contributed by atoms with Gasteiger partial charge < -0.3 is 5.73 Å². The molecule has 37 heavy (non-hydrogen) atoms. The predicted octanol–water partition coefficient (Wildman–Crippen LogP) is 7.61. The van der Waals surface area contributed by atoms with Crippen molar-refractivity contribution in [2.75, 3.05) is 4.90 Å². The quantitative estimate of drug-likeness (QED) is 0.253. The Hall–Kier alpha value is -3.09. The van der Waals surface area contributed by atoms with E-state index in [4.69, 9.17) is 22.3 Å². The Morgan fingerprint density at radius 2 is 2.05 bits per heavy atom. The number of nitrogens with zero attached hydrogens (tertiary/aromatic N) is 3. The highest BCUT2D eigenvalue weighted by molar-refractivity contribution is 8.00. The van der Waals surface area contributed by atoms with Gasteiger partial charge in [0.15, 0.2) is 10.1 Å². The Balaban J connectivity index is 1.35. The summed E-state index contributed by atoms with van der Waals surface area (Å²) in [6.45, 7) is 0. The fraction of sp³-hybridized carbons (Fsp3) is 0.179. The summed E-state index contributed by atoms with van der Waals surface area (Å²) in [5.74, 6) is 0.757. The smallest absolute Gasteiger partial charge is 0.161 e. The van der Waals surface area contributed by atoms with Crippen molar-refractivity contribution >= 4 is 67.7 Å². The number of aromatic nitrogens is 1. The maximum Gasteiger partial charge on any atom is 0.161 e. The number of carbonyl (C=O) groups excluding carboxylic acids is 1. The van der Waals surface area contributed by atoms with Crippen molar-refractivity contribution in [3.8, 4) is 6.07 Å². The predicted molar refractivity (Wildman–Crippen MR) is 153 cm³/mol. The van der Waals surface area contributed by atoms with Gasteiger partial charge in [-0.15, -0.1) is 22.7 Å². The van der Waals surface area contributed by atoms with Crippen LogP contribution in [0.15, 0.2) is 87.0 Å². The number of halogens is 1. The molecule has 0 radical (unpaired) electrons. The Morgan fingerprint density at radius 1 is 1.19 bits per heavy atom.